The largest absolute Gasteiger partial charge is 0.468 e. The van der Waals surface area contributed by atoms with Gasteiger partial charge < -0.3 is 4.74 Å². The molecule has 3 rings (SSSR count). The van der Waals surface area contributed by atoms with Gasteiger partial charge >= 0.3 is 5.97 Å². The molecule has 0 radical (unpaired) electrons. The topological polar surface area (TPSA) is 43.4 Å². The maximum Gasteiger partial charge on any atom is 0.316 e. The number of fused-ring (bicyclic) bond motifs is 2. The lowest BCUT2D eigenvalue weighted by atomic mass is 9.63. The number of carbonyl (C=O) groups excluding carboxylic acids is 2. The zero-order chi connectivity index (χ0) is 13.5. The van der Waals surface area contributed by atoms with Gasteiger partial charge in [-0.05, 0) is 31.2 Å². The van der Waals surface area contributed by atoms with E-state index in [1.807, 2.05) is 30.3 Å². The Hall–Kier alpha value is -1.90. The quantitative estimate of drug-likeness (QED) is 0.726. The summed E-state index contributed by atoms with van der Waals surface area (Å²) in [5.41, 5.74) is 1.58. The number of rotatable bonds is 1. The summed E-state index contributed by atoms with van der Waals surface area (Å²) in [6, 6.07) is 7.55. The van der Waals surface area contributed by atoms with Gasteiger partial charge in [-0.15, -0.1) is 0 Å². The molecule has 0 fully saturated rings. The molecule has 1 aromatic rings. The van der Waals surface area contributed by atoms with Crippen LogP contribution in [0.15, 0.2) is 35.9 Å². The van der Waals surface area contributed by atoms with Crippen molar-refractivity contribution in [2.24, 2.45) is 5.41 Å². The Kier molecular flexibility index (Phi) is 2.77. The van der Waals surface area contributed by atoms with Crippen LogP contribution in [0.4, 0.5) is 0 Å². The molecule has 0 bridgehead atoms. The molecule has 1 atom stereocenters. The maximum absolute atomic E-state index is 12.6. The maximum atomic E-state index is 12.6. The Morgan fingerprint density at radius 2 is 2.11 bits per heavy atom. The summed E-state index contributed by atoms with van der Waals surface area (Å²) in [6.07, 6.45) is 4.99. The highest BCUT2D eigenvalue weighted by molar-refractivity contribution is 6.15. The van der Waals surface area contributed by atoms with Crippen LogP contribution >= 0.6 is 0 Å². The van der Waals surface area contributed by atoms with Crippen LogP contribution < -0.4 is 0 Å². The molecule has 0 amide bonds. The molecule has 0 aromatic heterocycles. The first-order chi connectivity index (χ1) is 9.19. The van der Waals surface area contributed by atoms with Crippen LogP contribution in [0, 0.1) is 5.41 Å². The molecule has 19 heavy (non-hydrogen) atoms. The third-order valence-corrected chi connectivity index (χ3v) is 4.25. The zero-order valence-corrected chi connectivity index (χ0v) is 10.9. The van der Waals surface area contributed by atoms with Crippen molar-refractivity contribution in [2.45, 2.75) is 25.7 Å². The van der Waals surface area contributed by atoms with Crippen LogP contribution in [0.25, 0.3) is 0 Å². The highest BCUT2D eigenvalue weighted by atomic mass is 16.5. The Bertz CT molecular complexity index is 585. The van der Waals surface area contributed by atoms with Crippen LogP contribution in [-0.4, -0.2) is 18.9 Å². The molecule has 1 aromatic carbocycles. The van der Waals surface area contributed by atoms with Gasteiger partial charge in [0.1, 0.15) is 5.41 Å². The average Bonchev–Trinajstić information content (AvgIpc) is 2.46. The van der Waals surface area contributed by atoms with E-state index in [2.05, 4.69) is 0 Å². The van der Waals surface area contributed by atoms with Crippen LogP contribution in [0.2, 0.25) is 0 Å². The van der Waals surface area contributed by atoms with Crippen molar-refractivity contribution in [3.05, 3.63) is 47.0 Å². The SMILES string of the molecule is COC(=O)C12CCCC=C1C(=O)c1ccccc1C2. The smallest absolute Gasteiger partial charge is 0.316 e. The van der Waals surface area contributed by atoms with Crippen molar-refractivity contribution in [1.82, 2.24) is 0 Å². The second-order valence-corrected chi connectivity index (χ2v) is 5.25. The Labute approximate surface area is 112 Å². The molecule has 3 nitrogen and oxygen atoms in total. The van der Waals surface area contributed by atoms with E-state index in [9.17, 15) is 9.59 Å². The van der Waals surface area contributed by atoms with E-state index >= 15 is 0 Å². The van der Waals surface area contributed by atoms with Crippen LogP contribution in [0.3, 0.4) is 0 Å². The first-order valence-electron chi connectivity index (χ1n) is 6.61. The van der Waals surface area contributed by atoms with E-state index in [0.717, 1.165) is 24.0 Å². The number of hydrogen-bond acceptors (Lipinski definition) is 3. The van der Waals surface area contributed by atoms with Gasteiger partial charge in [0.25, 0.3) is 0 Å². The summed E-state index contributed by atoms with van der Waals surface area (Å²) < 4.78 is 4.98. The first kappa shape index (κ1) is 12.2. The van der Waals surface area contributed by atoms with Crippen LogP contribution in [0.1, 0.15) is 35.2 Å². The molecule has 98 valence electrons. The molecule has 0 N–H and O–H groups in total. The van der Waals surface area contributed by atoms with E-state index in [4.69, 9.17) is 4.74 Å². The molecule has 0 heterocycles. The van der Waals surface area contributed by atoms with Gasteiger partial charge in [-0.25, -0.2) is 0 Å². The molecule has 1 unspecified atom stereocenters. The fourth-order valence-electron chi connectivity index (χ4n) is 3.32. The number of carbonyl (C=O) groups is 2. The Balaban J connectivity index is 2.19. The molecule has 0 spiro atoms. The van der Waals surface area contributed by atoms with E-state index in [-0.39, 0.29) is 11.8 Å². The molecular weight excluding hydrogens is 240 g/mol. The zero-order valence-electron chi connectivity index (χ0n) is 10.9. The number of allylic oxidation sites excluding steroid dienone is 1. The molecular formula is C16H16O3. The minimum Gasteiger partial charge on any atom is -0.468 e. The monoisotopic (exact) mass is 256 g/mol. The lowest BCUT2D eigenvalue weighted by Crippen LogP contribution is -2.44. The summed E-state index contributed by atoms with van der Waals surface area (Å²) in [5, 5.41) is 0. The predicted molar refractivity (Wildman–Crippen MR) is 70.9 cm³/mol. The van der Waals surface area contributed by atoms with Gasteiger partial charge in [-0.3, -0.25) is 9.59 Å². The van der Waals surface area contributed by atoms with Crippen molar-refractivity contribution in [1.29, 1.82) is 0 Å². The van der Waals surface area contributed by atoms with E-state index in [1.54, 1.807) is 0 Å². The highest BCUT2D eigenvalue weighted by Crippen LogP contribution is 2.46. The number of methoxy groups -OCH3 is 1. The van der Waals surface area contributed by atoms with Crippen LogP contribution in [-0.2, 0) is 16.0 Å². The Morgan fingerprint density at radius 1 is 1.32 bits per heavy atom. The molecule has 0 saturated heterocycles. The number of Topliss-reactive ketones (excluding diaryl/α,β-unsaturated/α-hetero) is 1. The van der Waals surface area contributed by atoms with Crippen molar-refractivity contribution in [3.8, 4) is 0 Å². The summed E-state index contributed by atoms with van der Waals surface area (Å²) in [6.45, 7) is 0. The number of ether oxygens (including phenoxy) is 1. The third-order valence-electron chi connectivity index (χ3n) is 4.25. The molecule has 2 aliphatic rings. The fraction of sp³-hybridized carbons (Fsp3) is 0.375. The van der Waals surface area contributed by atoms with Crippen molar-refractivity contribution >= 4 is 11.8 Å². The number of benzene rings is 1. The minimum atomic E-state index is -0.752. The van der Waals surface area contributed by atoms with Gasteiger partial charge in [-0.1, -0.05) is 30.3 Å². The number of ketones is 1. The van der Waals surface area contributed by atoms with Gasteiger partial charge in [-0.2, -0.15) is 0 Å². The Morgan fingerprint density at radius 3 is 2.89 bits per heavy atom. The van der Waals surface area contributed by atoms with Crippen molar-refractivity contribution in [3.63, 3.8) is 0 Å². The van der Waals surface area contributed by atoms with Gasteiger partial charge in [0.2, 0.25) is 0 Å². The highest BCUT2D eigenvalue weighted by Gasteiger charge is 2.50. The van der Waals surface area contributed by atoms with E-state index < -0.39 is 5.41 Å². The molecule has 3 heteroatoms. The van der Waals surface area contributed by atoms with E-state index in [0.29, 0.717) is 18.4 Å². The predicted octanol–water partition coefficient (Wildman–Crippen LogP) is 2.70. The number of hydrogen-bond donors (Lipinski definition) is 0. The van der Waals surface area contributed by atoms with Gasteiger partial charge in [0, 0.05) is 11.1 Å². The van der Waals surface area contributed by atoms with Crippen molar-refractivity contribution < 1.29 is 14.3 Å². The molecule has 0 aliphatic heterocycles. The third kappa shape index (κ3) is 1.65. The molecule has 2 aliphatic carbocycles. The van der Waals surface area contributed by atoms with Gasteiger partial charge in [0.05, 0.1) is 7.11 Å². The average molecular weight is 256 g/mol. The van der Waals surface area contributed by atoms with Crippen molar-refractivity contribution in [2.75, 3.05) is 7.11 Å². The molecule has 0 saturated carbocycles. The van der Waals surface area contributed by atoms with E-state index in [1.165, 1.54) is 7.11 Å². The lowest BCUT2D eigenvalue weighted by Gasteiger charge is -2.39. The second-order valence-electron chi connectivity index (χ2n) is 5.25. The standard InChI is InChI=1S/C16H16O3/c1-19-15(18)16-9-5-4-8-13(16)14(17)12-7-3-2-6-11(12)10-16/h2-3,6-8H,4-5,9-10H2,1H3. The summed E-state index contributed by atoms with van der Waals surface area (Å²) in [5.74, 6) is -0.284. The summed E-state index contributed by atoms with van der Waals surface area (Å²) in [4.78, 5) is 24.9. The fourth-order valence-corrected chi connectivity index (χ4v) is 3.32. The second kappa shape index (κ2) is 4.34. The summed E-state index contributed by atoms with van der Waals surface area (Å²) in [7, 11) is 1.40. The van der Waals surface area contributed by atoms with Gasteiger partial charge in [0.15, 0.2) is 5.78 Å². The van der Waals surface area contributed by atoms with Crippen LogP contribution in [0.5, 0.6) is 0 Å². The summed E-state index contributed by atoms with van der Waals surface area (Å²) >= 11 is 0. The normalized spacial score (nSPS) is 25.1. The lowest BCUT2D eigenvalue weighted by molar-refractivity contribution is -0.151. The minimum absolute atomic E-state index is 0.00745. The first-order valence-corrected chi connectivity index (χ1v) is 6.61. The number of esters is 1.